The summed E-state index contributed by atoms with van der Waals surface area (Å²) in [6.07, 6.45) is 10.0. The number of hydrazone groups is 1. The molecule has 0 radical (unpaired) electrons. The van der Waals surface area contributed by atoms with Crippen molar-refractivity contribution in [1.29, 1.82) is 0 Å². The van der Waals surface area contributed by atoms with Crippen LogP contribution in [0.3, 0.4) is 0 Å². The molecule has 0 aliphatic heterocycles. The average molecular weight is 300 g/mol. The summed E-state index contributed by atoms with van der Waals surface area (Å²) in [4.78, 5) is 12.2. The number of benzene rings is 1. The Morgan fingerprint density at radius 3 is 2.55 bits per heavy atom. The SMILES string of the molecule is CCCCCC(=NNC(=O)C1CCCCC1)c1ccccc1. The fraction of sp³-hybridized carbons (Fsp3) is 0.579. The van der Waals surface area contributed by atoms with E-state index < -0.39 is 0 Å². The van der Waals surface area contributed by atoms with Gasteiger partial charge in [-0.1, -0.05) is 69.4 Å². The maximum absolute atomic E-state index is 12.2. The van der Waals surface area contributed by atoms with E-state index in [0.29, 0.717) is 0 Å². The summed E-state index contributed by atoms with van der Waals surface area (Å²) in [6.45, 7) is 2.20. The smallest absolute Gasteiger partial charge is 0.243 e. The number of amides is 1. The van der Waals surface area contributed by atoms with Gasteiger partial charge in [-0.25, -0.2) is 5.43 Å². The summed E-state index contributed by atoms with van der Waals surface area (Å²) in [7, 11) is 0. The molecule has 1 saturated carbocycles. The maximum Gasteiger partial charge on any atom is 0.243 e. The molecule has 0 unspecified atom stereocenters. The van der Waals surface area contributed by atoms with Crippen LogP contribution in [0.5, 0.6) is 0 Å². The molecule has 0 saturated heterocycles. The Morgan fingerprint density at radius 1 is 1.14 bits per heavy atom. The van der Waals surface area contributed by atoms with Crippen LogP contribution in [0.1, 0.15) is 70.3 Å². The number of unbranched alkanes of at least 4 members (excludes halogenated alkanes) is 2. The van der Waals surface area contributed by atoms with Crippen LogP contribution >= 0.6 is 0 Å². The van der Waals surface area contributed by atoms with Gasteiger partial charge in [-0.15, -0.1) is 0 Å². The molecule has 1 amide bonds. The largest absolute Gasteiger partial charge is 0.273 e. The van der Waals surface area contributed by atoms with Gasteiger partial charge in [-0.3, -0.25) is 4.79 Å². The molecule has 1 N–H and O–H groups in total. The van der Waals surface area contributed by atoms with Crippen LogP contribution in [0.15, 0.2) is 35.4 Å². The number of nitrogens with one attached hydrogen (secondary N) is 1. The molecule has 1 fully saturated rings. The van der Waals surface area contributed by atoms with Crippen molar-refractivity contribution >= 4 is 11.6 Å². The van der Waals surface area contributed by atoms with E-state index in [0.717, 1.165) is 37.0 Å². The molecule has 2 rings (SSSR count). The van der Waals surface area contributed by atoms with Crippen LogP contribution in [0.4, 0.5) is 0 Å². The number of nitrogens with zero attached hydrogens (tertiary/aromatic N) is 1. The molecule has 0 spiro atoms. The molecule has 1 aromatic rings. The van der Waals surface area contributed by atoms with E-state index in [1.54, 1.807) is 0 Å². The Hall–Kier alpha value is -1.64. The van der Waals surface area contributed by atoms with Crippen molar-refractivity contribution < 1.29 is 4.79 Å². The van der Waals surface area contributed by atoms with Crippen molar-refractivity contribution in [2.75, 3.05) is 0 Å². The van der Waals surface area contributed by atoms with E-state index >= 15 is 0 Å². The molecular weight excluding hydrogens is 272 g/mol. The molecule has 22 heavy (non-hydrogen) atoms. The van der Waals surface area contributed by atoms with Crippen molar-refractivity contribution in [2.45, 2.75) is 64.7 Å². The third-order valence-electron chi connectivity index (χ3n) is 4.40. The van der Waals surface area contributed by atoms with Gasteiger partial charge >= 0.3 is 0 Å². The van der Waals surface area contributed by atoms with E-state index in [1.165, 1.54) is 32.1 Å². The quantitative estimate of drug-likeness (QED) is 0.444. The van der Waals surface area contributed by atoms with Gasteiger partial charge in [0, 0.05) is 5.92 Å². The summed E-state index contributed by atoms with van der Waals surface area (Å²) in [5.74, 6) is 0.258. The molecule has 0 aromatic heterocycles. The molecular formula is C19H28N2O. The lowest BCUT2D eigenvalue weighted by atomic mass is 9.89. The van der Waals surface area contributed by atoms with E-state index in [2.05, 4.69) is 29.6 Å². The van der Waals surface area contributed by atoms with E-state index in [1.807, 2.05) is 18.2 Å². The van der Waals surface area contributed by atoms with Crippen LogP contribution in [0.2, 0.25) is 0 Å². The first-order valence-electron chi connectivity index (χ1n) is 8.73. The van der Waals surface area contributed by atoms with Crippen molar-refractivity contribution in [2.24, 2.45) is 11.0 Å². The molecule has 3 nitrogen and oxygen atoms in total. The fourth-order valence-electron chi connectivity index (χ4n) is 3.02. The van der Waals surface area contributed by atoms with Crippen molar-refractivity contribution in [1.82, 2.24) is 5.43 Å². The highest BCUT2D eigenvalue weighted by atomic mass is 16.2. The topological polar surface area (TPSA) is 41.5 Å². The zero-order valence-electron chi connectivity index (χ0n) is 13.7. The second-order valence-corrected chi connectivity index (χ2v) is 6.19. The lowest BCUT2D eigenvalue weighted by Gasteiger charge is -2.19. The first-order chi connectivity index (χ1) is 10.8. The van der Waals surface area contributed by atoms with Crippen molar-refractivity contribution in [3.63, 3.8) is 0 Å². The minimum Gasteiger partial charge on any atom is -0.273 e. The van der Waals surface area contributed by atoms with Crippen LogP contribution in [-0.4, -0.2) is 11.6 Å². The second kappa shape index (κ2) is 9.39. The van der Waals surface area contributed by atoms with Gasteiger partial charge < -0.3 is 0 Å². The summed E-state index contributed by atoms with van der Waals surface area (Å²) in [6, 6.07) is 10.2. The Balaban J connectivity index is 1.98. The first-order valence-corrected chi connectivity index (χ1v) is 8.73. The number of carbonyl (C=O) groups excluding carboxylic acids is 1. The molecule has 3 heteroatoms. The molecule has 0 atom stereocenters. The first kappa shape index (κ1) is 16.7. The summed E-state index contributed by atoms with van der Waals surface area (Å²) >= 11 is 0. The molecule has 1 aliphatic carbocycles. The van der Waals surface area contributed by atoms with Gasteiger partial charge in [-0.2, -0.15) is 5.10 Å². The molecule has 120 valence electrons. The normalized spacial score (nSPS) is 16.5. The Labute approximate surface area is 134 Å². The van der Waals surface area contributed by atoms with E-state index in [4.69, 9.17) is 0 Å². The number of rotatable bonds is 7. The average Bonchev–Trinajstić information content (AvgIpc) is 2.59. The predicted molar refractivity (Wildman–Crippen MR) is 91.8 cm³/mol. The van der Waals surface area contributed by atoms with Gasteiger partial charge in [0.05, 0.1) is 5.71 Å². The van der Waals surface area contributed by atoms with Gasteiger partial charge in [0.25, 0.3) is 0 Å². The predicted octanol–water partition coefficient (Wildman–Crippen LogP) is 4.67. The van der Waals surface area contributed by atoms with Crippen LogP contribution in [-0.2, 0) is 4.79 Å². The summed E-state index contributed by atoms with van der Waals surface area (Å²) in [5.41, 5.74) is 4.94. The second-order valence-electron chi connectivity index (χ2n) is 6.19. The highest BCUT2D eigenvalue weighted by Gasteiger charge is 2.20. The van der Waals surface area contributed by atoms with Gasteiger partial charge in [0.2, 0.25) is 5.91 Å². The lowest BCUT2D eigenvalue weighted by Crippen LogP contribution is -2.29. The third kappa shape index (κ3) is 5.28. The Kier molecular flexibility index (Phi) is 7.14. The number of carbonyl (C=O) groups is 1. The number of hydrogen-bond acceptors (Lipinski definition) is 2. The summed E-state index contributed by atoms with van der Waals surface area (Å²) < 4.78 is 0. The monoisotopic (exact) mass is 300 g/mol. The molecule has 1 aromatic carbocycles. The maximum atomic E-state index is 12.2. The van der Waals surface area contributed by atoms with Gasteiger partial charge in [-0.05, 0) is 31.2 Å². The minimum absolute atomic E-state index is 0.101. The van der Waals surface area contributed by atoms with Gasteiger partial charge in [0.15, 0.2) is 0 Å². The fourth-order valence-corrected chi connectivity index (χ4v) is 3.02. The van der Waals surface area contributed by atoms with Crippen molar-refractivity contribution in [3.8, 4) is 0 Å². The van der Waals surface area contributed by atoms with Crippen LogP contribution in [0.25, 0.3) is 0 Å². The molecule has 0 heterocycles. The van der Waals surface area contributed by atoms with Crippen molar-refractivity contribution in [3.05, 3.63) is 35.9 Å². The number of hydrogen-bond donors (Lipinski definition) is 1. The zero-order chi connectivity index (χ0) is 15.6. The lowest BCUT2D eigenvalue weighted by molar-refractivity contribution is -0.125. The Morgan fingerprint density at radius 2 is 1.86 bits per heavy atom. The highest BCUT2D eigenvalue weighted by molar-refractivity contribution is 6.01. The third-order valence-corrected chi connectivity index (χ3v) is 4.40. The highest BCUT2D eigenvalue weighted by Crippen LogP contribution is 2.23. The summed E-state index contributed by atoms with van der Waals surface area (Å²) in [5, 5.41) is 4.46. The van der Waals surface area contributed by atoms with E-state index in [-0.39, 0.29) is 11.8 Å². The minimum atomic E-state index is 0.101. The molecule has 1 aliphatic rings. The Bertz CT molecular complexity index is 475. The van der Waals surface area contributed by atoms with Gasteiger partial charge in [0.1, 0.15) is 0 Å². The molecule has 0 bridgehead atoms. The van der Waals surface area contributed by atoms with Crippen LogP contribution < -0.4 is 5.43 Å². The van der Waals surface area contributed by atoms with Crippen LogP contribution in [0, 0.1) is 5.92 Å². The zero-order valence-corrected chi connectivity index (χ0v) is 13.7. The standard InChI is InChI=1S/C19H28N2O/c1-2-3-6-15-18(16-11-7-4-8-12-16)20-21-19(22)17-13-9-5-10-14-17/h4,7-8,11-12,17H,2-3,5-6,9-10,13-15H2,1H3,(H,21,22). The van der Waals surface area contributed by atoms with E-state index in [9.17, 15) is 4.79 Å².